The number of hydrogen-bond acceptors (Lipinski definition) is 9. The molecule has 11 nitrogen and oxygen atoms in total. The lowest BCUT2D eigenvalue weighted by Crippen LogP contribution is -2.36. The van der Waals surface area contributed by atoms with Crippen LogP contribution in [0.25, 0.3) is 6.08 Å². The zero-order valence-electron chi connectivity index (χ0n) is 17.2. The van der Waals surface area contributed by atoms with Crippen LogP contribution in [0.2, 0.25) is 0 Å². The number of amides is 3. The molecule has 0 saturated carbocycles. The van der Waals surface area contributed by atoms with Crippen LogP contribution >= 0.6 is 11.8 Å². The Balaban J connectivity index is 1.84. The summed E-state index contributed by atoms with van der Waals surface area (Å²) in [5.74, 6) is -2.04. The maximum Gasteiger partial charge on any atom is 0.343 e. The zero-order chi connectivity index (χ0) is 24.1. The smallest absolute Gasteiger partial charge is 0.343 e. The molecule has 0 atom stereocenters. The minimum atomic E-state index is -0.819. The third-order valence-electron chi connectivity index (χ3n) is 4.25. The molecule has 3 rings (SSSR count). The molecule has 0 aliphatic carbocycles. The van der Waals surface area contributed by atoms with Gasteiger partial charge in [-0.15, -0.1) is 0 Å². The molecular formula is C21H17N3O8S. The molecule has 3 amide bonds. The highest BCUT2D eigenvalue weighted by Crippen LogP contribution is 2.35. The molecule has 1 aliphatic heterocycles. The van der Waals surface area contributed by atoms with Crippen molar-refractivity contribution in [2.45, 2.75) is 6.92 Å². The number of rotatable bonds is 8. The Morgan fingerprint density at radius 3 is 2.61 bits per heavy atom. The van der Waals surface area contributed by atoms with Crippen molar-refractivity contribution in [3.8, 4) is 11.5 Å². The third kappa shape index (κ3) is 5.54. The van der Waals surface area contributed by atoms with Gasteiger partial charge in [0.15, 0.2) is 11.5 Å². The molecule has 2 N–H and O–H groups in total. The Bertz CT molecular complexity index is 1190. The van der Waals surface area contributed by atoms with Gasteiger partial charge in [0.05, 0.1) is 22.0 Å². The van der Waals surface area contributed by atoms with Crippen LogP contribution in [0.4, 0.5) is 10.5 Å². The fourth-order valence-corrected chi connectivity index (χ4v) is 3.65. The van der Waals surface area contributed by atoms with Crippen molar-refractivity contribution < 1.29 is 33.6 Å². The van der Waals surface area contributed by atoms with E-state index in [2.05, 4.69) is 0 Å². The third-order valence-corrected chi connectivity index (χ3v) is 5.16. The molecule has 1 heterocycles. The largest absolute Gasteiger partial charge is 0.490 e. The van der Waals surface area contributed by atoms with E-state index in [1.54, 1.807) is 6.92 Å². The van der Waals surface area contributed by atoms with Gasteiger partial charge in [-0.1, -0.05) is 12.1 Å². The number of ether oxygens (including phenoxy) is 2. The number of esters is 1. The van der Waals surface area contributed by atoms with Gasteiger partial charge in [-0.05, 0) is 48.5 Å². The van der Waals surface area contributed by atoms with Gasteiger partial charge in [0, 0.05) is 12.1 Å². The highest BCUT2D eigenvalue weighted by atomic mass is 32.2. The van der Waals surface area contributed by atoms with Crippen LogP contribution in [0, 0.1) is 10.1 Å². The molecular weight excluding hydrogens is 454 g/mol. The molecule has 1 fully saturated rings. The van der Waals surface area contributed by atoms with E-state index < -0.39 is 34.5 Å². The van der Waals surface area contributed by atoms with Gasteiger partial charge in [0.1, 0.15) is 6.54 Å². The predicted molar refractivity (Wildman–Crippen MR) is 118 cm³/mol. The lowest BCUT2D eigenvalue weighted by Gasteiger charge is -2.12. The van der Waals surface area contributed by atoms with Crippen molar-refractivity contribution in [2.24, 2.45) is 5.73 Å². The second-order valence-electron chi connectivity index (χ2n) is 6.57. The molecule has 0 radical (unpaired) electrons. The fraction of sp³-hybridized carbons (Fsp3) is 0.143. The van der Waals surface area contributed by atoms with Crippen molar-refractivity contribution in [2.75, 3.05) is 13.2 Å². The van der Waals surface area contributed by atoms with Gasteiger partial charge < -0.3 is 15.2 Å². The average Bonchev–Trinajstić information content (AvgIpc) is 3.02. The van der Waals surface area contributed by atoms with Gasteiger partial charge in [0.2, 0.25) is 5.91 Å². The second kappa shape index (κ2) is 9.96. The van der Waals surface area contributed by atoms with Crippen LogP contribution in [0.5, 0.6) is 11.5 Å². The zero-order valence-corrected chi connectivity index (χ0v) is 18.0. The molecule has 33 heavy (non-hydrogen) atoms. The summed E-state index contributed by atoms with van der Waals surface area (Å²) in [6.45, 7) is 1.44. The number of imide groups is 1. The standard InChI is InChI=1S/C21H17N3O8S/c1-2-31-16-8-12(9-17-19(26)23(11-18(22)25)21(28)33-17)6-7-15(16)32-20(27)13-4-3-5-14(10-13)24(29)30/h3-10H,2,11H2,1H3,(H2,22,25)/b17-9-. The molecule has 0 bridgehead atoms. The molecule has 170 valence electrons. The van der Waals surface area contributed by atoms with E-state index in [0.29, 0.717) is 17.3 Å². The number of non-ortho nitro benzene ring substituents is 1. The summed E-state index contributed by atoms with van der Waals surface area (Å²) in [5.41, 5.74) is 5.27. The van der Waals surface area contributed by atoms with E-state index >= 15 is 0 Å². The second-order valence-corrected chi connectivity index (χ2v) is 7.56. The summed E-state index contributed by atoms with van der Waals surface area (Å²) in [4.78, 5) is 59.0. The predicted octanol–water partition coefficient (Wildman–Crippen LogP) is 2.73. The fourth-order valence-electron chi connectivity index (χ4n) is 2.82. The minimum Gasteiger partial charge on any atom is -0.490 e. The first-order valence-electron chi connectivity index (χ1n) is 9.46. The number of nitro groups is 1. The maximum atomic E-state index is 12.5. The van der Waals surface area contributed by atoms with Crippen molar-refractivity contribution in [3.05, 3.63) is 68.6 Å². The van der Waals surface area contributed by atoms with Crippen molar-refractivity contribution >= 4 is 46.5 Å². The lowest BCUT2D eigenvalue weighted by molar-refractivity contribution is -0.384. The summed E-state index contributed by atoms with van der Waals surface area (Å²) in [5, 5.41) is 10.3. The first kappa shape index (κ1) is 23.5. The SMILES string of the molecule is CCOc1cc(/C=C2\SC(=O)N(CC(N)=O)C2=O)ccc1OC(=O)c1cccc([N+](=O)[O-])c1. The highest BCUT2D eigenvalue weighted by molar-refractivity contribution is 8.18. The van der Waals surface area contributed by atoms with Crippen LogP contribution in [0.15, 0.2) is 47.4 Å². The van der Waals surface area contributed by atoms with Gasteiger partial charge >= 0.3 is 5.97 Å². The molecule has 12 heteroatoms. The number of primary amides is 1. The molecule has 0 aromatic heterocycles. The number of nitro benzene ring substituents is 1. The first-order valence-corrected chi connectivity index (χ1v) is 10.3. The van der Waals surface area contributed by atoms with E-state index in [9.17, 15) is 29.3 Å². The Kier molecular flexibility index (Phi) is 7.08. The summed E-state index contributed by atoms with van der Waals surface area (Å²) in [7, 11) is 0. The van der Waals surface area contributed by atoms with Gasteiger partial charge in [0.25, 0.3) is 16.8 Å². The van der Waals surface area contributed by atoms with Gasteiger partial charge in [-0.2, -0.15) is 0 Å². The van der Waals surface area contributed by atoms with E-state index in [1.807, 2.05) is 0 Å². The van der Waals surface area contributed by atoms with E-state index in [1.165, 1.54) is 42.5 Å². The van der Waals surface area contributed by atoms with E-state index in [0.717, 1.165) is 11.0 Å². The number of thioether (sulfide) groups is 1. The van der Waals surface area contributed by atoms with E-state index in [-0.39, 0.29) is 34.3 Å². The normalized spacial score (nSPS) is 14.5. The Hall–Kier alpha value is -4.19. The van der Waals surface area contributed by atoms with Gasteiger partial charge in [-0.3, -0.25) is 29.4 Å². The molecule has 2 aromatic carbocycles. The number of hydrogen-bond donors (Lipinski definition) is 1. The van der Waals surface area contributed by atoms with Crippen LogP contribution in [0.3, 0.4) is 0 Å². The molecule has 0 unspecified atom stereocenters. The maximum absolute atomic E-state index is 12.5. The molecule has 1 saturated heterocycles. The monoisotopic (exact) mass is 471 g/mol. The average molecular weight is 471 g/mol. The molecule has 2 aromatic rings. The molecule has 0 spiro atoms. The lowest BCUT2D eigenvalue weighted by atomic mass is 10.1. The number of carbonyl (C=O) groups is 4. The van der Waals surface area contributed by atoms with Crippen molar-refractivity contribution in [1.82, 2.24) is 4.90 Å². The number of benzene rings is 2. The quantitative estimate of drug-likeness (QED) is 0.201. The number of nitrogens with zero attached hydrogens (tertiary/aromatic N) is 2. The summed E-state index contributed by atoms with van der Waals surface area (Å²) >= 11 is 0.663. The van der Waals surface area contributed by atoms with Crippen LogP contribution in [-0.2, 0) is 9.59 Å². The summed E-state index contributed by atoms with van der Waals surface area (Å²) < 4.78 is 10.9. The number of carbonyl (C=O) groups excluding carboxylic acids is 4. The molecule has 1 aliphatic rings. The van der Waals surface area contributed by atoms with Crippen molar-refractivity contribution in [3.63, 3.8) is 0 Å². The topological polar surface area (TPSA) is 159 Å². The van der Waals surface area contributed by atoms with Crippen LogP contribution in [0.1, 0.15) is 22.8 Å². The van der Waals surface area contributed by atoms with Gasteiger partial charge in [-0.25, -0.2) is 4.79 Å². The minimum absolute atomic E-state index is 0.0150. The van der Waals surface area contributed by atoms with Crippen LogP contribution < -0.4 is 15.2 Å². The number of nitrogens with two attached hydrogens (primary N) is 1. The summed E-state index contributed by atoms with van der Waals surface area (Å²) in [6, 6.07) is 9.56. The van der Waals surface area contributed by atoms with Crippen molar-refractivity contribution in [1.29, 1.82) is 0 Å². The van der Waals surface area contributed by atoms with Crippen LogP contribution in [-0.4, -0.2) is 46.0 Å². The Labute approximate surface area is 191 Å². The van der Waals surface area contributed by atoms with E-state index in [4.69, 9.17) is 15.2 Å². The first-order chi connectivity index (χ1) is 15.7. The highest BCUT2D eigenvalue weighted by Gasteiger charge is 2.35. The Morgan fingerprint density at radius 1 is 1.18 bits per heavy atom. The Morgan fingerprint density at radius 2 is 1.94 bits per heavy atom. The summed E-state index contributed by atoms with van der Waals surface area (Å²) in [6.07, 6.45) is 1.43.